The van der Waals surface area contributed by atoms with Gasteiger partial charge >= 0.3 is 7.12 Å². The fourth-order valence-electron chi connectivity index (χ4n) is 2.76. The van der Waals surface area contributed by atoms with E-state index in [9.17, 15) is 9.18 Å². The van der Waals surface area contributed by atoms with Gasteiger partial charge in [0.15, 0.2) is 0 Å². The molecule has 2 aromatic rings. The second kappa shape index (κ2) is 6.85. The molecule has 2 aromatic carbocycles. The van der Waals surface area contributed by atoms with Gasteiger partial charge in [-0.25, -0.2) is 4.39 Å². The predicted molar refractivity (Wildman–Crippen MR) is 98.3 cm³/mol. The Hall–Kier alpha value is -2.18. The monoisotopic (exact) mass is 356 g/mol. The van der Waals surface area contributed by atoms with Crippen molar-refractivity contribution >= 4 is 18.9 Å². The van der Waals surface area contributed by atoms with E-state index in [0.717, 1.165) is 17.1 Å². The molecule has 0 aromatic heterocycles. The molecule has 136 valence electrons. The second-order valence-corrected chi connectivity index (χ2v) is 7.41. The van der Waals surface area contributed by atoms with Crippen LogP contribution in [0.2, 0.25) is 0 Å². The summed E-state index contributed by atoms with van der Waals surface area (Å²) < 4.78 is 31.5. The first-order valence-corrected chi connectivity index (χ1v) is 8.54. The highest BCUT2D eigenvalue weighted by atomic mass is 19.1. The van der Waals surface area contributed by atoms with E-state index in [-0.39, 0.29) is 12.2 Å². The average Bonchev–Trinajstić information content (AvgIpc) is 2.80. The van der Waals surface area contributed by atoms with Crippen molar-refractivity contribution in [3.63, 3.8) is 0 Å². The van der Waals surface area contributed by atoms with Crippen LogP contribution < -0.4 is 10.2 Å². The molecule has 0 spiro atoms. The van der Waals surface area contributed by atoms with Crippen LogP contribution in [0.25, 0.3) is 0 Å². The third-order valence-electron chi connectivity index (χ3n) is 4.99. The molecule has 0 atom stereocenters. The van der Waals surface area contributed by atoms with Gasteiger partial charge < -0.3 is 14.0 Å². The van der Waals surface area contributed by atoms with E-state index < -0.39 is 24.1 Å². The summed E-state index contributed by atoms with van der Waals surface area (Å²) in [4.78, 5) is 10.9. The van der Waals surface area contributed by atoms with Crippen LogP contribution in [0.5, 0.6) is 5.75 Å². The molecule has 0 N–H and O–H groups in total. The molecule has 0 bridgehead atoms. The van der Waals surface area contributed by atoms with E-state index in [1.807, 2.05) is 52.0 Å². The largest absolute Gasteiger partial charge is 0.495 e. The van der Waals surface area contributed by atoms with Crippen molar-refractivity contribution in [3.8, 4) is 5.75 Å². The molecule has 1 aliphatic heterocycles. The fraction of sp³-hybridized carbons (Fsp3) is 0.350. The van der Waals surface area contributed by atoms with Gasteiger partial charge in [0.25, 0.3) is 0 Å². The molecule has 0 radical (unpaired) electrons. The molecule has 1 saturated heterocycles. The third kappa shape index (κ3) is 3.66. The Kier molecular flexibility index (Phi) is 4.91. The van der Waals surface area contributed by atoms with Gasteiger partial charge in [0, 0.05) is 11.6 Å². The van der Waals surface area contributed by atoms with Gasteiger partial charge in [-0.3, -0.25) is 4.79 Å². The number of carbonyl (C=O) groups excluding carboxylic acids is 1. The zero-order valence-electron chi connectivity index (χ0n) is 15.4. The van der Waals surface area contributed by atoms with E-state index in [1.54, 1.807) is 0 Å². The average molecular weight is 356 g/mol. The van der Waals surface area contributed by atoms with Crippen LogP contribution in [-0.4, -0.2) is 24.6 Å². The molecular weight excluding hydrogens is 334 g/mol. The lowest BCUT2D eigenvalue weighted by Gasteiger charge is -2.32. The Balaban J connectivity index is 1.81. The van der Waals surface area contributed by atoms with Crippen molar-refractivity contribution in [2.75, 3.05) is 0 Å². The lowest BCUT2D eigenvalue weighted by molar-refractivity contribution is 0.00578. The van der Waals surface area contributed by atoms with Gasteiger partial charge in [-0.2, -0.15) is 0 Å². The molecule has 0 unspecified atom stereocenters. The van der Waals surface area contributed by atoms with E-state index in [4.69, 9.17) is 14.0 Å². The van der Waals surface area contributed by atoms with Crippen LogP contribution in [0.3, 0.4) is 0 Å². The minimum atomic E-state index is -0.510. The van der Waals surface area contributed by atoms with Crippen molar-refractivity contribution in [1.82, 2.24) is 0 Å². The standard InChI is InChI=1S/C20H22BFO4/c1-19(2)20(3,4)26-21(25-19)18-8-6-5-7-15(18)13-24-17-10-14(12-23)9-16(22)11-17/h5-12H,13H2,1-4H3. The quantitative estimate of drug-likeness (QED) is 0.608. The maximum absolute atomic E-state index is 13.6. The van der Waals surface area contributed by atoms with E-state index in [1.165, 1.54) is 12.1 Å². The Morgan fingerprint density at radius 2 is 1.73 bits per heavy atom. The molecule has 1 fully saturated rings. The normalized spacial score (nSPS) is 18.0. The zero-order chi connectivity index (χ0) is 18.9. The van der Waals surface area contributed by atoms with Gasteiger partial charge in [0.1, 0.15) is 24.5 Å². The number of halogens is 1. The maximum atomic E-state index is 13.6. The van der Waals surface area contributed by atoms with E-state index in [2.05, 4.69) is 0 Å². The first kappa shape index (κ1) is 18.6. The van der Waals surface area contributed by atoms with Crippen molar-refractivity contribution in [1.29, 1.82) is 0 Å². The highest BCUT2D eigenvalue weighted by Gasteiger charge is 2.52. The molecule has 3 rings (SSSR count). The van der Waals surface area contributed by atoms with E-state index >= 15 is 0 Å². The van der Waals surface area contributed by atoms with Crippen LogP contribution >= 0.6 is 0 Å². The van der Waals surface area contributed by atoms with Gasteiger partial charge in [-0.05, 0) is 50.9 Å². The second-order valence-electron chi connectivity index (χ2n) is 7.41. The number of aldehydes is 1. The highest BCUT2D eigenvalue weighted by Crippen LogP contribution is 2.36. The molecule has 6 heteroatoms. The number of rotatable bonds is 5. The van der Waals surface area contributed by atoms with Gasteiger partial charge in [-0.1, -0.05) is 24.3 Å². The van der Waals surface area contributed by atoms with Crippen LogP contribution in [0.1, 0.15) is 43.6 Å². The first-order valence-electron chi connectivity index (χ1n) is 8.54. The third-order valence-corrected chi connectivity index (χ3v) is 4.99. The summed E-state index contributed by atoms with van der Waals surface area (Å²) in [7, 11) is -0.502. The molecule has 0 saturated carbocycles. The smallest absolute Gasteiger partial charge is 0.489 e. The molecule has 26 heavy (non-hydrogen) atoms. The molecule has 0 aliphatic carbocycles. The summed E-state index contributed by atoms with van der Waals surface area (Å²) in [6, 6.07) is 11.6. The van der Waals surface area contributed by atoms with Crippen molar-refractivity contribution in [2.24, 2.45) is 0 Å². The summed E-state index contributed by atoms with van der Waals surface area (Å²) >= 11 is 0. The Morgan fingerprint density at radius 3 is 2.38 bits per heavy atom. The lowest BCUT2D eigenvalue weighted by atomic mass is 9.76. The van der Waals surface area contributed by atoms with Crippen LogP contribution in [-0.2, 0) is 15.9 Å². The van der Waals surface area contributed by atoms with Gasteiger partial charge in [0.2, 0.25) is 0 Å². The van der Waals surface area contributed by atoms with E-state index in [0.29, 0.717) is 12.0 Å². The molecular formula is C20H22BFO4. The highest BCUT2D eigenvalue weighted by molar-refractivity contribution is 6.62. The summed E-state index contributed by atoms with van der Waals surface area (Å²) in [5, 5.41) is 0. The van der Waals surface area contributed by atoms with Crippen LogP contribution in [0.15, 0.2) is 42.5 Å². The van der Waals surface area contributed by atoms with Crippen molar-refractivity contribution in [3.05, 3.63) is 59.4 Å². The molecule has 4 nitrogen and oxygen atoms in total. The van der Waals surface area contributed by atoms with Gasteiger partial charge in [0.05, 0.1) is 11.2 Å². The molecule has 1 aliphatic rings. The SMILES string of the molecule is CC1(C)OB(c2ccccc2COc2cc(F)cc(C=O)c2)OC1(C)C. The van der Waals surface area contributed by atoms with Crippen molar-refractivity contribution < 1.29 is 23.2 Å². The first-order chi connectivity index (χ1) is 12.2. The lowest BCUT2D eigenvalue weighted by Crippen LogP contribution is -2.41. The van der Waals surface area contributed by atoms with Gasteiger partial charge in [-0.15, -0.1) is 0 Å². The Morgan fingerprint density at radius 1 is 1.08 bits per heavy atom. The minimum Gasteiger partial charge on any atom is -0.489 e. The fourth-order valence-corrected chi connectivity index (χ4v) is 2.76. The number of hydrogen-bond donors (Lipinski definition) is 0. The maximum Gasteiger partial charge on any atom is 0.495 e. The summed E-state index contributed by atoms with van der Waals surface area (Å²) in [6.07, 6.45) is 0.592. The number of carbonyl (C=O) groups is 1. The number of ether oxygens (including phenoxy) is 1. The predicted octanol–water partition coefficient (Wildman–Crippen LogP) is 3.52. The number of benzene rings is 2. The zero-order valence-corrected chi connectivity index (χ0v) is 15.4. The van der Waals surface area contributed by atoms with Crippen LogP contribution in [0, 0.1) is 5.82 Å². The Labute approximate surface area is 153 Å². The Bertz CT molecular complexity index is 803. The minimum absolute atomic E-state index is 0.210. The molecule has 1 heterocycles. The topological polar surface area (TPSA) is 44.8 Å². The van der Waals surface area contributed by atoms with Crippen molar-refractivity contribution in [2.45, 2.75) is 45.5 Å². The molecule has 0 amide bonds. The summed E-state index contributed by atoms with van der Waals surface area (Å²) in [5.41, 5.74) is 1.11. The summed E-state index contributed by atoms with van der Waals surface area (Å²) in [6.45, 7) is 8.21. The van der Waals surface area contributed by atoms with Crippen LogP contribution in [0.4, 0.5) is 4.39 Å². The number of hydrogen-bond acceptors (Lipinski definition) is 4. The summed E-state index contributed by atoms with van der Waals surface area (Å²) in [5.74, 6) is -0.209.